The predicted octanol–water partition coefficient (Wildman–Crippen LogP) is 3.49. The molecule has 2 nitrogen and oxygen atoms in total. The molecule has 0 bridgehead atoms. The Morgan fingerprint density at radius 2 is 1.86 bits per heavy atom. The van der Waals surface area contributed by atoms with Crippen LogP contribution in [0.15, 0.2) is 42.5 Å². The average molecular weight is 287 g/mol. The Hall–Kier alpha value is -2.23. The molecule has 1 amide bonds. The van der Waals surface area contributed by atoms with Crippen molar-refractivity contribution in [2.24, 2.45) is 0 Å². The Balaban J connectivity index is 1.85. The van der Waals surface area contributed by atoms with Crippen molar-refractivity contribution in [1.29, 1.82) is 0 Å². The first-order chi connectivity index (χ1) is 10.1. The van der Waals surface area contributed by atoms with Crippen molar-refractivity contribution in [2.45, 2.75) is 19.3 Å². The first-order valence-corrected chi connectivity index (χ1v) is 6.97. The van der Waals surface area contributed by atoms with E-state index in [4.69, 9.17) is 0 Å². The molecule has 0 aromatic heterocycles. The van der Waals surface area contributed by atoms with Crippen LogP contribution in [-0.4, -0.2) is 12.5 Å². The number of carbonyl (C=O) groups is 1. The van der Waals surface area contributed by atoms with Crippen LogP contribution < -0.4 is 4.90 Å². The summed E-state index contributed by atoms with van der Waals surface area (Å²) in [5.41, 5.74) is 1.99. The van der Waals surface area contributed by atoms with Crippen molar-refractivity contribution in [2.75, 3.05) is 11.4 Å². The summed E-state index contributed by atoms with van der Waals surface area (Å²) in [6.45, 7) is 0.522. The summed E-state index contributed by atoms with van der Waals surface area (Å²) in [7, 11) is 0. The highest BCUT2D eigenvalue weighted by Gasteiger charge is 2.25. The Morgan fingerprint density at radius 3 is 2.62 bits per heavy atom. The van der Waals surface area contributed by atoms with E-state index in [0.29, 0.717) is 12.2 Å². The molecule has 0 aliphatic carbocycles. The van der Waals surface area contributed by atoms with Gasteiger partial charge in [-0.05, 0) is 42.2 Å². The van der Waals surface area contributed by atoms with Gasteiger partial charge in [-0.15, -0.1) is 0 Å². The molecule has 0 saturated heterocycles. The fourth-order valence-electron chi connectivity index (χ4n) is 2.73. The molecular weight excluding hydrogens is 272 g/mol. The standard InChI is InChI=1S/C17H15F2NO/c18-14-8-6-12(7-9-14)11-16(21)20-10-2-4-13-3-1-5-15(19)17(13)20/h1,3,5-9H,2,4,10-11H2. The highest BCUT2D eigenvalue weighted by molar-refractivity contribution is 5.96. The summed E-state index contributed by atoms with van der Waals surface area (Å²) in [6.07, 6.45) is 1.76. The van der Waals surface area contributed by atoms with Gasteiger partial charge in [-0.2, -0.15) is 0 Å². The van der Waals surface area contributed by atoms with Gasteiger partial charge in [0, 0.05) is 6.54 Å². The minimum absolute atomic E-state index is 0.147. The number of aryl methyl sites for hydroxylation is 1. The molecule has 108 valence electrons. The van der Waals surface area contributed by atoms with Gasteiger partial charge < -0.3 is 4.90 Å². The Bertz CT molecular complexity index is 667. The normalized spacial score (nSPS) is 13.9. The number of para-hydroxylation sites is 1. The fourth-order valence-corrected chi connectivity index (χ4v) is 2.73. The van der Waals surface area contributed by atoms with E-state index in [1.54, 1.807) is 18.2 Å². The topological polar surface area (TPSA) is 20.3 Å². The number of rotatable bonds is 2. The van der Waals surface area contributed by atoms with Crippen LogP contribution in [0.1, 0.15) is 17.5 Å². The van der Waals surface area contributed by atoms with Crippen LogP contribution in [0, 0.1) is 11.6 Å². The second-order valence-corrected chi connectivity index (χ2v) is 5.20. The number of hydrogen-bond donors (Lipinski definition) is 0. The zero-order chi connectivity index (χ0) is 14.8. The van der Waals surface area contributed by atoms with Crippen LogP contribution in [0.5, 0.6) is 0 Å². The van der Waals surface area contributed by atoms with Crippen molar-refractivity contribution in [1.82, 2.24) is 0 Å². The molecule has 4 heteroatoms. The van der Waals surface area contributed by atoms with Crippen LogP contribution in [0.2, 0.25) is 0 Å². The third-order valence-corrected chi connectivity index (χ3v) is 3.74. The summed E-state index contributed by atoms with van der Waals surface area (Å²) >= 11 is 0. The van der Waals surface area contributed by atoms with E-state index in [0.717, 1.165) is 24.0 Å². The molecule has 3 rings (SSSR count). The van der Waals surface area contributed by atoms with Gasteiger partial charge in [-0.25, -0.2) is 8.78 Å². The molecule has 0 radical (unpaired) electrons. The van der Waals surface area contributed by atoms with E-state index in [2.05, 4.69) is 0 Å². The van der Waals surface area contributed by atoms with Gasteiger partial charge in [0.15, 0.2) is 0 Å². The van der Waals surface area contributed by atoms with Crippen molar-refractivity contribution in [3.8, 4) is 0 Å². The molecule has 21 heavy (non-hydrogen) atoms. The van der Waals surface area contributed by atoms with Gasteiger partial charge in [0.05, 0.1) is 12.1 Å². The van der Waals surface area contributed by atoms with E-state index >= 15 is 0 Å². The molecule has 0 atom stereocenters. The molecule has 0 saturated carbocycles. The number of halogens is 2. The molecule has 2 aromatic rings. The first kappa shape index (κ1) is 13.7. The lowest BCUT2D eigenvalue weighted by atomic mass is 10.0. The van der Waals surface area contributed by atoms with E-state index in [-0.39, 0.29) is 24.0 Å². The molecule has 0 N–H and O–H groups in total. The Morgan fingerprint density at radius 1 is 1.10 bits per heavy atom. The van der Waals surface area contributed by atoms with Crippen molar-refractivity contribution < 1.29 is 13.6 Å². The molecule has 1 aliphatic heterocycles. The second-order valence-electron chi connectivity index (χ2n) is 5.20. The molecular formula is C17H15F2NO. The van der Waals surface area contributed by atoms with Crippen LogP contribution in [0.25, 0.3) is 0 Å². The van der Waals surface area contributed by atoms with E-state index in [1.807, 2.05) is 6.07 Å². The zero-order valence-corrected chi connectivity index (χ0v) is 11.5. The van der Waals surface area contributed by atoms with Crippen LogP contribution >= 0.6 is 0 Å². The van der Waals surface area contributed by atoms with Gasteiger partial charge in [0.25, 0.3) is 0 Å². The lowest BCUT2D eigenvalue weighted by Gasteiger charge is -2.30. The summed E-state index contributed by atoms with van der Waals surface area (Å²) in [6, 6.07) is 10.7. The zero-order valence-electron chi connectivity index (χ0n) is 11.5. The van der Waals surface area contributed by atoms with Crippen LogP contribution in [-0.2, 0) is 17.6 Å². The van der Waals surface area contributed by atoms with Crippen molar-refractivity contribution in [3.63, 3.8) is 0 Å². The molecule has 0 fully saturated rings. The lowest BCUT2D eigenvalue weighted by Crippen LogP contribution is -2.37. The number of benzene rings is 2. The largest absolute Gasteiger partial charge is 0.309 e. The minimum Gasteiger partial charge on any atom is -0.309 e. The maximum Gasteiger partial charge on any atom is 0.231 e. The van der Waals surface area contributed by atoms with Crippen LogP contribution in [0.4, 0.5) is 14.5 Å². The number of hydrogen-bond acceptors (Lipinski definition) is 1. The number of fused-ring (bicyclic) bond motifs is 1. The number of amides is 1. The fraction of sp³-hybridized carbons (Fsp3) is 0.235. The SMILES string of the molecule is O=C(Cc1ccc(F)cc1)N1CCCc2cccc(F)c21. The second kappa shape index (κ2) is 5.64. The molecule has 0 spiro atoms. The van der Waals surface area contributed by atoms with E-state index < -0.39 is 0 Å². The first-order valence-electron chi connectivity index (χ1n) is 6.97. The molecule has 1 heterocycles. The third kappa shape index (κ3) is 2.79. The predicted molar refractivity (Wildman–Crippen MR) is 77.2 cm³/mol. The number of anilines is 1. The molecule has 1 aliphatic rings. The third-order valence-electron chi connectivity index (χ3n) is 3.74. The van der Waals surface area contributed by atoms with E-state index in [9.17, 15) is 13.6 Å². The van der Waals surface area contributed by atoms with Gasteiger partial charge in [0.2, 0.25) is 5.91 Å². The summed E-state index contributed by atoms with van der Waals surface area (Å²) in [5, 5.41) is 0. The smallest absolute Gasteiger partial charge is 0.231 e. The Labute approximate surface area is 122 Å². The van der Waals surface area contributed by atoms with Gasteiger partial charge in [0.1, 0.15) is 11.6 Å². The average Bonchev–Trinajstić information content (AvgIpc) is 2.49. The maximum atomic E-state index is 14.0. The number of nitrogens with zero attached hydrogens (tertiary/aromatic N) is 1. The Kier molecular flexibility index (Phi) is 3.69. The molecule has 2 aromatic carbocycles. The van der Waals surface area contributed by atoms with Crippen molar-refractivity contribution >= 4 is 11.6 Å². The lowest BCUT2D eigenvalue weighted by molar-refractivity contribution is -0.118. The highest BCUT2D eigenvalue weighted by Crippen LogP contribution is 2.30. The summed E-state index contributed by atoms with van der Waals surface area (Å²) < 4.78 is 26.9. The minimum atomic E-state index is -0.361. The van der Waals surface area contributed by atoms with Crippen LogP contribution in [0.3, 0.4) is 0 Å². The van der Waals surface area contributed by atoms with Gasteiger partial charge in [-0.3, -0.25) is 4.79 Å². The summed E-state index contributed by atoms with van der Waals surface area (Å²) in [4.78, 5) is 13.9. The maximum absolute atomic E-state index is 14.0. The number of carbonyl (C=O) groups excluding carboxylic acids is 1. The van der Waals surface area contributed by atoms with Gasteiger partial charge in [-0.1, -0.05) is 24.3 Å². The van der Waals surface area contributed by atoms with Gasteiger partial charge >= 0.3 is 0 Å². The van der Waals surface area contributed by atoms with E-state index in [1.165, 1.54) is 23.1 Å². The quantitative estimate of drug-likeness (QED) is 0.828. The monoisotopic (exact) mass is 287 g/mol. The highest BCUT2D eigenvalue weighted by atomic mass is 19.1. The molecule has 0 unspecified atom stereocenters. The van der Waals surface area contributed by atoms with Crippen molar-refractivity contribution in [3.05, 3.63) is 65.2 Å². The summed E-state index contributed by atoms with van der Waals surface area (Å²) in [5.74, 6) is -0.854.